The van der Waals surface area contributed by atoms with Crippen LogP contribution in [0, 0.1) is 0 Å². The van der Waals surface area contributed by atoms with E-state index in [1.165, 1.54) is 19.3 Å². The number of pyridine rings is 1. The molecule has 2 aromatic heterocycles. The minimum atomic E-state index is -1.08. The van der Waals surface area contributed by atoms with E-state index in [0.29, 0.717) is 17.2 Å². The fraction of sp³-hybridized carbons (Fsp3) is 0.455. The predicted molar refractivity (Wildman–Crippen MR) is 118 cm³/mol. The van der Waals surface area contributed by atoms with Gasteiger partial charge in [-0.1, -0.05) is 19.3 Å². The van der Waals surface area contributed by atoms with E-state index in [1.807, 2.05) is 55.8 Å². The quantitative estimate of drug-likeness (QED) is 0.640. The first kappa shape index (κ1) is 19.9. The summed E-state index contributed by atoms with van der Waals surface area (Å²) in [6.07, 6.45) is 7.54. The maximum atomic E-state index is 12.6. The molecule has 2 N–H and O–H groups in total. The van der Waals surface area contributed by atoms with Gasteiger partial charge in [-0.15, -0.1) is 0 Å². The highest BCUT2D eigenvalue weighted by atomic mass is 32.2. The Labute approximate surface area is 173 Å². The number of aromatic amines is 1. The van der Waals surface area contributed by atoms with Crippen molar-refractivity contribution in [2.45, 2.75) is 68.6 Å². The number of aromatic nitrogens is 3. The van der Waals surface area contributed by atoms with E-state index in [-0.39, 0.29) is 10.3 Å². The second-order valence-electron chi connectivity index (χ2n) is 8.68. The summed E-state index contributed by atoms with van der Waals surface area (Å²) in [7, 11) is -1.08. The summed E-state index contributed by atoms with van der Waals surface area (Å²) >= 11 is 0. The Morgan fingerprint density at radius 2 is 1.79 bits per heavy atom. The standard InChI is InChI=1S/C22H28N4O2S/c1-22(2,3)29(28)17-11-9-15(10-12-17)24-20-19-18(13-14-23-21(19)27)26(25-20)16-7-5-4-6-8-16/h9-14,16H,4-8H2,1-3H3,(H,23,27)(H,24,25). The number of hydrogen-bond donors (Lipinski definition) is 2. The van der Waals surface area contributed by atoms with Crippen molar-refractivity contribution < 1.29 is 4.21 Å². The molecule has 0 aliphatic heterocycles. The molecule has 4 rings (SSSR count). The number of nitrogens with zero attached hydrogens (tertiary/aromatic N) is 2. The summed E-state index contributed by atoms with van der Waals surface area (Å²) in [6.45, 7) is 5.89. The first-order chi connectivity index (χ1) is 13.8. The molecular formula is C22H28N4O2S. The molecule has 2 heterocycles. The molecule has 1 fully saturated rings. The van der Waals surface area contributed by atoms with Gasteiger partial charge in [0.15, 0.2) is 5.82 Å². The van der Waals surface area contributed by atoms with Crippen molar-refractivity contribution in [3.8, 4) is 0 Å². The lowest BCUT2D eigenvalue weighted by atomic mass is 9.95. The Hall–Kier alpha value is -2.41. The van der Waals surface area contributed by atoms with Gasteiger partial charge in [0.2, 0.25) is 0 Å². The normalized spacial score (nSPS) is 16.8. The van der Waals surface area contributed by atoms with Crippen LogP contribution in [0.15, 0.2) is 46.2 Å². The molecule has 1 aliphatic rings. The number of fused-ring (bicyclic) bond motifs is 1. The van der Waals surface area contributed by atoms with Gasteiger partial charge in [-0.2, -0.15) is 5.10 Å². The second-order valence-corrected chi connectivity index (χ2v) is 10.9. The van der Waals surface area contributed by atoms with Crippen molar-refractivity contribution in [2.24, 2.45) is 0 Å². The van der Waals surface area contributed by atoms with Crippen LogP contribution in [0.1, 0.15) is 58.9 Å². The first-order valence-electron chi connectivity index (χ1n) is 10.2. The molecule has 1 atom stereocenters. The van der Waals surface area contributed by atoms with E-state index in [2.05, 4.69) is 10.3 Å². The van der Waals surface area contributed by atoms with Crippen molar-refractivity contribution in [1.82, 2.24) is 14.8 Å². The SMILES string of the molecule is CC(C)(C)S(=O)c1ccc(Nc2nn(C3CCCCC3)c3cc[nH]c(=O)c23)cc1. The molecule has 154 valence electrons. The second kappa shape index (κ2) is 7.78. The molecular weight excluding hydrogens is 384 g/mol. The lowest BCUT2D eigenvalue weighted by Crippen LogP contribution is -2.21. The Morgan fingerprint density at radius 3 is 2.45 bits per heavy atom. The third-order valence-corrected chi connectivity index (χ3v) is 7.25. The third kappa shape index (κ3) is 4.01. The zero-order valence-electron chi connectivity index (χ0n) is 17.2. The molecule has 6 nitrogen and oxygen atoms in total. The van der Waals surface area contributed by atoms with Crippen LogP contribution in [0.3, 0.4) is 0 Å². The fourth-order valence-corrected chi connectivity index (χ4v) is 5.03. The summed E-state index contributed by atoms with van der Waals surface area (Å²) in [5.41, 5.74) is 1.55. The Balaban J connectivity index is 1.68. The third-order valence-electron chi connectivity index (χ3n) is 5.44. The maximum absolute atomic E-state index is 12.6. The van der Waals surface area contributed by atoms with Gasteiger partial charge in [0.25, 0.3) is 5.56 Å². The maximum Gasteiger partial charge on any atom is 0.261 e. The van der Waals surface area contributed by atoms with E-state index in [0.717, 1.165) is 28.9 Å². The summed E-state index contributed by atoms with van der Waals surface area (Å²) in [4.78, 5) is 16.1. The lowest BCUT2D eigenvalue weighted by molar-refractivity contribution is 0.338. The van der Waals surface area contributed by atoms with Crippen molar-refractivity contribution in [3.05, 3.63) is 46.9 Å². The van der Waals surface area contributed by atoms with Gasteiger partial charge in [0.1, 0.15) is 5.39 Å². The molecule has 0 bridgehead atoms. The van der Waals surface area contributed by atoms with Crippen LogP contribution in [0.5, 0.6) is 0 Å². The van der Waals surface area contributed by atoms with E-state index in [1.54, 1.807) is 6.20 Å². The average molecular weight is 413 g/mol. The van der Waals surface area contributed by atoms with Gasteiger partial charge in [-0.3, -0.25) is 13.7 Å². The number of H-pyrrole nitrogens is 1. The van der Waals surface area contributed by atoms with Gasteiger partial charge >= 0.3 is 0 Å². The predicted octanol–water partition coefficient (Wildman–Crippen LogP) is 4.88. The number of rotatable bonds is 4. The largest absolute Gasteiger partial charge is 0.338 e. The molecule has 29 heavy (non-hydrogen) atoms. The molecule has 1 saturated carbocycles. The Morgan fingerprint density at radius 1 is 1.10 bits per heavy atom. The summed E-state index contributed by atoms with van der Waals surface area (Å²) in [5, 5.41) is 8.68. The van der Waals surface area contributed by atoms with Crippen LogP contribution in [-0.2, 0) is 10.8 Å². The van der Waals surface area contributed by atoms with Crippen LogP contribution in [0.4, 0.5) is 11.5 Å². The lowest BCUT2D eigenvalue weighted by Gasteiger charge is -2.22. The molecule has 0 saturated heterocycles. The molecule has 3 aromatic rings. The van der Waals surface area contributed by atoms with Gasteiger partial charge in [0, 0.05) is 21.5 Å². The van der Waals surface area contributed by atoms with E-state index >= 15 is 0 Å². The number of nitrogens with one attached hydrogen (secondary N) is 2. The molecule has 0 radical (unpaired) electrons. The molecule has 0 spiro atoms. The van der Waals surface area contributed by atoms with Gasteiger partial charge in [-0.25, -0.2) is 0 Å². The first-order valence-corrected chi connectivity index (χ1v) is 11.4. The number of hydrogen-bond acceptors (Lipinski definition) is 4. The van der Waals surface area contributed by atoms with Crippen molar-refractivity contribution in [3.63, 3.8) is 0 Å². The zero-order chi connectivity index (χ0) is 20.6. The summed E-state index contributed by atoms with van der Waals surface area (Å²) in [6, 6.07) is 9.78. The smallest absolute Gasteiger partial charge is 0.261 e. The van der Waals surface area contributed by atoms with E-state index in [4.69, 9.17) is 5.10 Å². The van der Waals surface area contributed by atoms with Gasteiger partial charge in [0.05, 0.1) is 22.4 Å². The van der Waals surface area contributed by atoms with Crippen molar-refractivity contribution >= 4 is 33.2 Å². The average Bonchev–Trinajstić information content (AvgIpc) is 3.08. The van der Waals surface area contributed by atoms with Crippen LogP contribution >= 0.6 is 0 Å². The highest BCUT2D eigenvalue weighted by molar-refractivity contribution is 7.86. The van der Waals surface area contributed by atoms with Crippen molar-refractivity contribution in [1.29, 1.82) is 0 Å². The van der Waals surface area contributed by atoms with Crippen LogP contribution in [0.2, 0.25) is 0 Å². The monoisotopic (exact) mass is 412 g/mol. The zero-order valence-corrected chi connectivity index (χ0v) is 18.0. The highest BCUT2D eigenvalue weighted by Crippen LogP contribution is 2.33. The summed E-state index contributed by atoms with van der Waals surface area (Å²) < 4.78 is 14.3. The van der Waals surface area contributed by atoms with Gasteiger partial charge < -0.3 is 10.3 Å². The van der Waals surface area contributed by atoms with Crippen LogP contribution in [0.25, 0.3) is 10.9 Å². The fourth-order valence-electron chi connectivity index (χ4n) is 3.94. The molecule has 1 unspecified atom stereocenters. The minimum Gasteiger partial charge on any atom is -0.338 e. The highest BCUT2D eigenvalue weighted by Gasteiger charge is 2.23. The molecule has 1 aliphatic carbocycles. The van der Waals surface area contributed by atoms with Gasteiger partial charge in [-0.05, 0) is 63.9 Å². The summed E-state index contributed by atoms with van der Waals surface area (Å²) in [5.74, 6) is 0.567. The molecule has 7 heteroatoms. The van der Waals surface area contributed by atoms with Crippen LogP contribution in [-0.4, -0.2) is 23.7 Å². The number of benzene rings is 1. The van der Waals surface area contributed by atoms with E-state index in [9.17, 15) is 9.00 Å². The molecule has 1 aromatic carbocycles. The topological polar surface area (TPSA) is 79.8 Å². The molecule has 0 amide bonds. The minimum absolute atomic E-state index is 0.141. The number of anilines is 2. The van der Waals surface area contributed by atoms with Crippen LogP contribution < -0.4 is 10.9 Å². The Bertz CT molecular complexity index is 1090. The Kier molecular flexibility index (Phi) is 5.34. The van der Waals surface area contributed by atoms with E-state index < -0.39 is 10.8 Å². The van der Waals surface area contributed by atoms with Crippen molar-refractivity contribution in [2.75, 3.05) is 5.32 Å².